The number of aromatic amines is 1. The van der Waals surface area contributed by atoms with Crippen LogP contribution in [0.3, 0.4) is 0 Å². The van der Waals surface area contributed by atoms with Crippen LogP contribution in [0.2, 0.25) is 0 Å². The summed E-state index contributed by atoms with van der Waals surface area (Å²) in [5, 5.41) is 11.4. The summed E-state index contributed by atoms with van der Waals surface area (Å²) in [4.78, 5) is 84.4. The molecule has 48 heavy (non-hydrogen) atoms. The summed E-state index contributed by atoms with van der Waals surface area (Å²) in [5.74, 6) is -3.77. The first-order chi connectivity index (χ1) is 22.8. The van der Waals surface area contributed by atoms with Crippen molar-refractivity contribution in [2.75, 3.05) is 6.54 Å². The molecule has 3 fully saturated rings. The number of halogens is 1. The maximum Gasteiger partial charge on any atom is 0.289 e. The van der Waals surface area contributed by atoms with E-state index in [1.54, 1.807) is 4.90 Å². The predicted octanol–water partition coefficient (Wildman–Crippen LogP) is 2.86. The van der Waals surface area contributed by atoms with E-state index in [-0.39, 0.29) is 30.1 Å². The molecule has 260 valence electrons. The van der Waals surface area contributed by atoms with Crippen molar-refractivity contribution < 1.29 is 33.2 Å². The number of Topliss-reactive ketones (excluding diaryl/α,β-unsaturated/α-hetero) is 1. The second-order valence-corrected chi connectivity index (χ2v) is 14.5. The largest absolute Gasteiger partial charge is 0.351 e. The molecule has 5 N–H and O–H groups in total. The number of benzene rings is 1. The minimum Gasteiger partial charge on any atom is -0.351 e. The van der Waals surface area contributed by atoms with Crippen LogP contribution in [0, 0.1) is 17.2 Å². The molecule has 5 rings (SSSR count). The number of nitrogens with one attached hydrogen (secondary N) is 5. The Balaban J connectivity index is 1.29. The summed E-state index contributed by atoms with van der Waals surface area (Å²) in [6.07, 6.45) is 6.41. The van der Waals surface area contributed by atoms with Crippen LogP contribution in [-0.2, 0) is 24.0 Å². The van der Waals surface area contributed by atoms with E-state index < -0.39 is 71.2 Å². The molecule has 0 unspecified atom stereocenters. The molecule has 2 aliphatic carbocycles. The first kappa shape index (κ1) is 35.0. The number of hydrogen-bond donors (Lipinski definition) is 5. The van der Waals surface area contributed by atoms with Crippen LogP contribution in [0.5, 0.6) is 0 Å². The topological polar surface area (TPSA) is 170 Å². The Labute approximate surface area is 279 Å². The van der Waals surface area contributed by atoms with Crippen LogP contribution >= 0.6 is 0 Å². The predicted molar refractivity (Wildman–Crippen MR) is 176 cm³/mol. The fourth-order valence-corrected chi connectivity index (χ4v) is 6.97. The van der Waals surface area contributed by atoms with Gasteiger partial charge in [-0.05, 0) is 74.1 Å². The number of ketones is 1. The van der Waals surface area contributed by atoms with Crippen molar-refractivity contribution >= 4 is 46.2 Å². The minimum atomic E-state index is -1.02. The molecule has 1 aromatic heterocycles. The normalized spacial score (nSPS) is 21.9. The number of likely N-dealkylation sites (tertiary alicyclic amines) is 1. The van der Waals surface area contributed by atoms with E-state index in [0.29, 0.717) is 23.7 Å². The molecular formula is C35H47FN6O6. The van der Waals surface area contributed by atoms with Gasteiger partial charge < -0.3 is 31.2 Å². The monoisotopic (exact) mass is 666 g/mol. The van der Waals surface area contributed by atoms with Crippen molar-refractivity contribution in [2.24, 2.45) is 11.3 Å². The van der Waals surface area contributed by atoms with E-state index in [2.05, 4.69) is 26.3 Å². The van der Waals surface area contributed by atoms with E-state index in [1.807, 2.05) is 27.7 Å². The van der Waals surface area contributed by atoms with Gasteiger partial charge in [-0.2, -0.15) is 0 Å². The van der Waals surface area contributed by atoms with Gasteiger partial charge in [-0.1, -0.05) is 47.0 Å². The maximum absolute atomic E-state index is 14.4. The van der Waals surface area contributed by atoms with Gasteiger partial charge in [0.15, 0.2) is 0 Å². The molecule has 2 saturated carbocycles. The molecule has 12 nitrogen and oxygen atoms in total. The average Bonchev–Trinajstić information content (AvgIpc) is 3.61. The van der Waals surface area contributed by atoms with Gasteiger partial charge in [-0.25, -0.2) is 4.39 Å². The number of aromatic nitrogens is 1. The molecule has 2 heterocycles. The van der Waals surface area contributed by atoms with Crippen molar-refractivity contribution in [3.8, 4) is 0 Å². The van der Waals surface area contributed by atoms with Crippen molar-refractivity contribution in [1.82, 2.24) is 31.2 Å². The molecule has 13 heteroatoms. The number of carbonyl (C=O) groups is 6. The Kier molecular flexibility index (Phi) is 10.5. The van der Waals surface area contributed by atoms with Crippen molar-refractivity contribution in [3.63, 3.8) is 0 Å². The van der Waals surface area contributed by atoms with Gasteiger partial charge in [0.05, 0.1) is 12.6 Å². The highest BCUT2D eigenvalue weighted by atomic mass is 19.1. The Morgan fingerprint density at radius 1 is 1.00 bits per heavy atom. The number of fused-ring (bicyclic) bond motifs is 2. The third-order valence-electron chi connectivity index (χ3n) is 9.65. The molecule has 5 atom stereocenters. The molecule has 5 amide bonds. The highest BCUT2D eigenvalue weighted by Crippen LogP contribution is 2.41. The molecule has 1 aromatic carbocycles. The molecule has 0 bridgehead atoms. The van der Waals surface area contributed by atoms with Gasteiger partial charge in [0.1, 0.15) is 23.6 Å². The lowest BCUT2D eigenvalue weighted by Gasteiger charge is -2.39. The third-order valence-corrected chi connectivity index (χ3v) is 9.65. The zero-order chi connectivity index (χ0) is 34.7. The summed E-state index contributed by atoms with van der Waals surface area (Å²) < 4.78 is 13.6. The number of nitrogens with zero attached hydrogens (tertiary/aromatic N) is 1. The van der Waals surface area contributed by atoms with Crippen molar-refractivity contribution in [1.29, 1.82) is 0 Å². The molecular weight excluding hydrogens is 619 g/mol. The van der Waals surface area contributed by atoms with E-state index in [1.165, 1.54) is 24.3 Å². The lowest BCUT2D eigenvalue weighted by molar-refractivity contribution is -0.147. The number of amides is 5. The Morgan fingerprint density at radius 3 is 2.42 bits per heavy atom. The fraction of sp³-hybridized carbons (Fsp3) is 0.600. The molecule has 3 aliphatic rings. The summed E-state index contributed by atoms with van der Waals surface area (Å²) in [6, 6.07) is 2.50. The lowest BCUT2D eigenvalue weighted by atomic mass is 9.83. The second kappa shape index (κ2) is 14.4. The Morgan fingerprint density at radius 2 is 1.73 bits per heavy atom. The van der Waals surface area contributed by atoms with Gasteiger partial charge in [0, 0.05) is 23.0 Å². The van der Waals surface area contributed by atoms with Gasteiger partial charge in [0.2, 0.25) is 23.5 Å². The summed E-state index contributed by atoms with van der Waals surface area (Å²) >= 11 is 0. The van der Waals surface area contributed by atoms with Crippen LogP contribution in [0.1, 0.15) is 96.0 Å². The van der Waals surface area contributed by atoms with E-state index in [9.17, 15) is 33.2 Å². The van der Waals surface area contributed by atoms with E-state index in [4.69, 9.17) is 0 Å². The molecule has 2 aromatic rings. The number of H-pyrrole nitrogens is 1. The standard InChI is InChI=1S/C35H47FN6O6/c1-5-8-24(29(44)33(47)38-22-12-13-22)40-32(46)27-17-19-9-6-7-10-26(19)42(27)34(48)30(35(2,3)4)41-28(43)18-37-31(45)25-16-20-15-21(36)11-14-23(20)39-25/h11,14-16,19,22,24,26-27,30,39H,5-10,12-13,17-18H2,1-4H3,(H,37,45)(H,38,47)(H,40,46)(H,41,43)/t19-,24-,26-,27-,30+/m0/s1. The highest BCUT2D eigenvalue weighted by molar-refractivity contribution is 6.38. The third kappa shape index (κ3) is 8.04. The van der Waals surface area contributed by atoms with Crippen LogP contribution in [0.4, 0.5) is 4.39 Å². The molecule has 1 saturated heterocycles. The fourth-order valence-electron chi connectivity index (χ4n) is 6.97. The van der Waals surface area contributed by atoms with Crippen LogP contribution in [0.25, 0.3) is 10.9 Å². The van der Waals surface area contributed by atoms with Crippen LogP contribution in [0.15, 0.2) is 24.3 Å². The minimum absolute atomic E-state index is 0.00269. The average molecular weight is 667 g/mol. The van der Waals surface area contributed by atoms with Crippen LogP contribution in [-0.4, -0.2) is 82.0 Å². The summed E-state index contributed by atoms with van der Waals surface area (Å²) in [6.45, 7) is 6.90. The lowest BCUT2D eigenvalue weighted by Crippen LogP contribution is -2.61. The first-order valence-electron chi connectivity index (χ1n) is 17.1. The van der Waals surface area contributed by atoms with Gasteiger partial charge >= 0.3 is 0 Å². The maximum atomic E-state index is 14.4. The Hall–Kier alpha value is -4.29. The molecule has 1 aliphatic heterocycles. The van der Waals surface area contributed by atoms with E-state index in [0.717, 1.165) is 38.5 Å². The second-order valence-electron chi connectivity index (χ2n) is 14.5. The zero-order valence-electron chi connectivity index (χ0n) is 28.1. The smallest absolute Gasteiger partial charge is 0.289 e. The molecule has 0 radical (unpaired) electrons. The van der Waals surface area contributed by atoms with Crippen molar-refractivity contribution in [2.45, 2.75) is 116 Å². The SMILES string of the molecule is CCC[C@H](NC(=O)[C@@H]1C[C@@H]2CCCC[C@@H]2N1C(=O)[C@@H](NC(=O)CNC(=O)c1cc2cc(F)ccc2[nH]1)C(C)(C)C)C(=O)C(=O)NC1CC1. The number of carbonyl (C=O) groups excluding carboxylic acids is 6. The summed E-state index contributed by atoms with van der Waals surface area (Å²) in [7, 11) is 0. The van der Waals surface area contributed by atoms with Gasteiger partial charge in [-0.15, -0.1) is 0 Å². The van der Waals surface area contributed by atoms with Crippen molar-refractivity contribution in [3.05, 3.63) is 35.8 Å². The number of rotatable bonds is 12. The van der Waals surface area contributed by atoms with Gasteiger partial charge in [-0.3, -0.25) is 28.8 Å². The zero-order valence-corrected chi connectivity index (χ0v) is 28.1. The Bertz CT molecular complexity index is 1580. The first-order valence-corrected chi connectivity index (χ1v) is 17.1. The highest BCUT2D eigenvalue weighted by Gasteiger charge is 2.51. The van der Waals surface area contributed by atoms with Gasteiger partial charge in [0.25, 0.3) is 11.8 Å². The van der Waals surface area contributed by atoms with Crippen LogP contribution < -0.4 is 21.3 Å². The summed E-state index contributed by atoms with van der Waals surface area (Å²) in [5.41, 5.74) is -0.0274. The molecule has 0 spiro atoms. The van der Waals surface area contributed by atoms with E-state index >= 15 is 0 Å². The quantitative estimate of drug-likeness (QED) is 0.218. The number of hydrogen-bond acceptors (Lipinski definition) is 6.